The van der Waals surface area contributed by atoms with Gasteiger partial charge in [-0.05, 0) is 18.1 Å². The van der Waals surface area contributed by atoms with Crippen LogP contribution in [0.15, 0.2) is 36.5 Å². The fraction of sp³-hybridized carbons (Fsp3) is 0.286. The first-order valence-electron chi connectivity index (χ1n) is 6.15. The maximum absolute atomic E-state index is 5.75. The molecule has 0 bridgehead atoms. The van der Waals surface area contributed by atoms with Crippen molar-refractivity contribution in [3.63, 3.8) is 0 Å². The Bertz CT molecular complexity index is 516. The first-order valence-corrected chi connectivity index (χ1v) is 6.68. The zero-order valence-corrected chi connectivity index (χ0v) is 11.5. The minimum Gasteiger partial charge on any atom is -0.478 e. The number of hydrogen-bond donors (Lipinski definition) is 1. The highest BCUT2D eigenvalue weighted by molar-refractivity contribution is 6.17. The highest BCUT2D eigenvalue weighted by Crippen LogP contribution is 2.11. The fourth-order valence-corrected chi connectivity index (χ4v) is 1.76. The zero-order chi connectivity index (χ0) is 13.5. The first kappa shape index (κ1) is 13.6. The van der Waals surface area contributed by atoms with Crippen LogP contribution < -0.4 is 10.1 Å². The lowest BCUT2D eigenvalue weighted by molar-refractivity contribution is 0.326. The number of alkyl halides is 1. The summed E-state index contributed by atoms with van der Waals surface area (Å²) in [4.78, 5) is 8.39. The van der Waals surface area contributed by atoms with Crippen LogP contribution in [0.4, 0.5) is 5.95 Å². The van der Waals surface area contributed by atoms with Gasteiger partial charge in [-0.15, -0.1) is 11.6 Å². The van der Waals surface area contributed by atoms with Crippen LogP contribution in [-0.4, -0.2) is 16.6 Å². The second-order valence-corrected chi connectivity index (χ2v) is 4.22. The molecule has 0 aliphatic rings. The molecule has 2 rings (SSSR count). The topological polar surface area (TPSA) is 47.0 Å². The SMILES string of the molecule is CCOc1ccnc(NCc2ccc(CCl)cc2)n1. The van der Waals surface area contributed by atoms with E-state index >= 15 is 0 Å². The summed E-state index contributed by atoms with van der Waals surface area (Å²) in [5.74, 6) is 1.68. The molecule has 0 fully saturated rings. The van der Waals surface area contributed by atoms with Crippen molar-refractivity contribution in [1.29, 1.82) is 0 Å². The highest BCUT2D eigenvalue weighted by Gasteiger charge is 2.00. The number of rotatable bonds is 6. The van der Waals surface area contributed by atoms with E-state index in [1.807, 2.05) is 31.2 Å². The molecule has 1 aromatic heterocycles. The molecule has 100 valence electrons. The minimum atomic E-state index is 0.535. The van der Waals surface area contributed by atoms with Crippen LogP contribution in [0.25, 0.3) is 0 Å². The first-order chi connectivity index (χ1) is 9.31. The third-order valence-electron chi connectivity index (χ3n) is 2.55. The number of hydrogen-bond acceptors (Lipinski definition) is 4. The molecule has 0 spiro atoms. The Morgan fingerprint density at radius 1 is 1.16 bits per heavy atom. The molecule has 0 aliphatic carbocycles. The van der Waals surface area contributed by atoms with Gasteiger partial charge >= 0.3 is 0 Å². The molecule has 0 unspecified atom stereocenters. The number of aromatic nitrogens is 2. The maximum Gasteiger partial charge on any atom is 0.226 e. The summed E-state index contributed by atoms with van der Waals surface area (Å²) >= 11 is 5.75. The van der Waals surface area contributed by atoms with E-state index < -0.39 is 0 Å². The smallest absolute Gasteiger partial charge is 0.226 e. The van der Waals surface area contributed by atoms with E-state index in [-0.39, 0.29) is 0 Å². The summed E-state index contributed by atoms with van der Waals surface area (Å²) < 4.78 is 5.32. The summed E-state index contributed by atoms with van der Waals surface area (Å²) in [5, 5.41) is 3.16. The summed E-state index contributed by atoms with van der Waals surface area (Å²) in [6.07, 6.45) is 1.68. The molecule has 19 heavy (non-hydrogen) atoms. The maximum atomic E-state index is 5.75. The van der Waals surface area contributed by atoms with Crippen LogP contribution in [0.1, 0.15) is 18.1 Å². The predicted octanol–water partition coefficient (Wildman–Crippen LogP) is 3.23. The molecule has 2 aromatic rings. The molecule has 1 N–H and O–H groups in total. The Kier molecular flexibility index (Phi) is 4.98. The third kappa shape index (κ3) is 4.10. The van der Waals surface area contributed by atoms with Crippen molar-refractivity contribution >= 4 is 17.5 Å². The second kappa shape index (κ2) is 6.95. The van der Waals surface area contributed by atoms with Gasteiger partial charge in [0.15, 0.2) is 0 Å². The zero-order valence-electron chi connectivity index (χ0n) is 10.8. The van der Waals surface area contributed by atoms with E-state index in [0.29, 0.717) is 30.9 Å². The molecular formula is C14H16ClN3O. The molecule has 5 heteroatoms. The normalized spacial score (nSPS) is 10.2. The Morgan fingerprint density at radius 2 is 1.89 bits per heavy atom. The van der Waals surface area contributed by atoms with Crippen molar-refractivity contribution in [1.82, 2.24) is 9.97 Å². The Morgan fingerprint density at radius 3 is 2.58 bits per heavy atom. The van der Waals surface area contributed by atoms with Crippen LogP contribution in [0.5, 0.6) is 5.88 Å². The van der Waals surface area contributed by atoms with Gasteiger partial charge in [-0.2, -0.15) is 4.98 Å². The molecule has 1 aromatic carbocycles. The van der Waals surface area contributed by atoms with Gasteiger partial charge in [0, 0.05) is 24.7 Å². The molecule has 0 saturated carbocycles. The van der Waals surface area contributed by atoms with Crippen molar-refractivity contribution in [2.24, 2.45) is 0 Å². The highest BCUT2D eigenvalue weighted by atomic mass is 35.5. The van der Waals surface area contributed by atoms with Crippen molar-refractivity contribution in [2.75, 3.05) is 11.9 Å². The molecule has 4 nitrogen and oxygen atoms in total. The number of ether oxygens (including phenoxy) is 1. The summed E-state index contributed by atoms with van der Waals surface area (Å²) in [6, 6.07) is 9.85. The van der Waals surface area contributed by atoms with Crippen molar-refractivity contribution in [2.45, 2.75) is 19.3 Å². The predicted molar refractivity (Wildman–Crippen MR) is 76.5 cm³/mol. The standard InChI is InChI=1S/C14H16ClN3O/c1-2-19-13-7-8-16-14(18-13)17-10-12-5-3-11(9-15)4-6-12/h3-8H,2,9-10H2,1H3,(H,16,17,18). The van der Waals surface area contributed by atoms with Gasteiger partial charge in [-0.3, -0.25) is 0 Å². The molecular weight excluding hydrogens is 262 g/mol. The van der Waals surface area contributed by atoms with E-state index in [4.69, 9.17) is 16.3 Å². The molecule has 0 aliphatic heterocycles. The van der Waals surface area contributed by atoms with E-state index in [9.17, 15) is 0 Å². The fourth-order valence-electron chi connectivity index (χ4n) is 1.58. The molecule has 0 amide bonds. The third-order valence-corrected chi connectivity index (χ3v) is 2.86. The van der Waals surface area contributed by atoms with Crippen LogP contribution in [0.3, 0.4) is 0 Å². The minimum absolute atomic E-state index is 0.535. The molecule has 0 saturated heterocycles. The number of nitrogens with one attached hydrogen (secondary N) is 1. The number of anilines is 1. The van der Waals surface area contributed by atoms with Crippen LogP contribution in [0.2, 0.25) is 0 Å². The van der Waals surface area contributed by atoms with E-state index in [2.05, 4.69) is 15.3 Å². The summed E-state index contributed by atoms with van der Waals surface area (Å²) in [5.41, 5.74) is 2.26. The van der Waals surface area contributed by atoms with Gasteiger partial charge in [0.2, 0.25) is 11.8 Å². The Hall–Kier alpha value is -1.81. The Labute approximate surface area is 117 Å². The summed E-state index contributed by atoms with van der Waals surface area (Å²) in [6.45, 7) is 3.18. The lowest BCUT2D eigenvalue weighted by Crippen LogP contribution is -2.04. The largest absolute Gasteiger partial charge is 0.478 e. The van der Waals surface area contributed by atoms with Crippen LogP contribution >= 0.6 is 11.6 Å². The van der Waals surface area contributed by atoms with E-state index in [1.54, 1.807) is 12.3 Å². The van der Waals surface area contributed by atoms with E-state index in [1.165, 1.54) is 0 Å². The monoisotopic (exact) mass is 277 g/mol. The van der Waals surface area contributed by atoms with Crippen molar-refractivity contribution < 1.29 is 4.74 Å². The molecule has 0 atom stereocenters. The van der Waals surface area contributed by atoms with Crippen molar-refractivity contribution in [3.05, 3.63) is 47.7 Å². The second-order valence-electron chi connectivity index (χ2n) is 3.96. The molecule has 0 radical (unpaired) electrons. The van der Waals surface area contributed by atoms with Gasteiger partial charge in [-0.25, -0.2) is 4.98 Å². The lowest BCUT2D eigenvalue weighted by atomic mass is 10.1. The van der Waals surface area contributed by atoms with Gasteiger partial charge in [0.05, 0.1) is 6.61 Å². The van der Waals surface area contributed by atoms with Gasteiger partial charge in [-0.1, -0.05) is 24.3 Å². The average molecular weight is 278 g/mol. The van der Waals surface area contributed by atoms with Crippen molar-refractivity contribution in [3.8, 4) is 5.88 Å². The van der Waals surface area contributed by atoms with Crippen LogP contribution in [0, 0.1) is 0 Å². The van der Waals surface area contributed by atoms with E-state index in [0.717, 1.165) is 11.1 Å². The van der Waals surface area contributed by atoms with Gasteiger partial charge < -0.3 is 10.1 Å². The number of halogens is 1. The van der Waals surface area contributed by atoms with Crippen LogP contribution in [-0.2, 0) is 12.4 Å². The van der Waals surface area contributed by atoms with Gasteiger partial charge in [0.1, 0.15) is 0 Å². The Balaban J connectivity index is 1.95. The number of nitrogens with zero attached hydrogens (tertiary/aromatic N) is 2. The lowest BCUT2D eigenvalue weighted by Gasteiger charge is -2.07. The average Bonchev–Trinajstić information content (AvgIpc) is 2.46. The quantitative estimate of drug-likeness (QED) is 0.824. The summed E-state index contributed by atoms with van der Waals surface area (Å²) in [7, 11) is 0. The molecule has 1 heterocycles. The van der Waals surface area contributed by atoms with Gasteiger partial charge in [0.25, 0.3) is 0 Å². The number of benzene rings is 1.